The molecule has 1 aromatic heterocycles. The lowest BCUT2D eigenvalue weighted by Gasteiger charge is -2.32. The van der Waals surface area contributed by atoms with Crippen LogP contribution >= 0.6 is 11.3 Å². The van der Waals surface area contributed by atoms with Gasteiger partial charge in [0, 0.05) is 31.1 Å². The van der Waals surface area contributed by atoms with Gasteiger partial charge in [-0.3, -0.25) is 4.90 Å². The summed E-state index contributed by atoms with van der Waals surface area (Å²) < 4.78 is 5.53. The summed E-state index contributed by atoms with van der Waals surface area (Å²) >= 11 is 1.84. The maximum absolute atomic E-state index is 5.61. The second-order valence-corrected chi connectivity index (χ2v) is 4.89. The fraction of sp³-hybridized carbons (Fsp3) is 0.636. The Bertz CT molecular complexity index is 276. The molecule has 1 fully saturated rings. The van der Waals surface area contributed by atoms with Crippen LogP contribution in [-0.4, -0.2) is 43.8 Å². The van der Waals surface area contributed by atoms with Gasteiger partial charge in [-0.15, -0.1) is 11.3 Å². The Hall–Kier alpha value is -0.420. The standard InChI is InChI=1S/C11H18N2OS/c12-8-10-9-13(5-6-14-10)4-3-11-2-1-7-15-11/h1-2,7,10H,3-6,8-9,12H2. The first-order chi connectivity index (χ1) is 7.38. The average molecular weight is 226 g/mol. The van der Waals surface area contributed by atoms with E-state index < -0.39 is 0 Å². The van der Waals surface area contributed by atoms with Crippen LogP contribution in [0.25, 0.3) is 0 Å². The number of morpholine rings is 1. The molecule has 0 radical (unpaired) electrons. The Balaban J connectivity index is 1.74. The van der Waals surface area contributed by atoms with Gasteiger partial charge < -0.3 is 10.5 Å². The van der Waals surface area contributed by atoms with Gasteiger partial charge in [-0.25, -0.2) is 0 Å². The molecule has 0 aromatic carbocycles. The molecule has 84 valence electrons. The van der Waals surface area contributed by atoms with Crippen molar-refractivity contribution >= 4 is 11.3 Å². The molecule has 1 aliphatic rings. The van der Waals surface area contributed by atoms with E-state index in [0.717, 1.165) is 32.7 Å². The SMILES string of the molecule is NCC1CN(CCc2cccs2)CCO1. The van der Waals surface area contributed by atoms with E-state index in [1.54, 1.807) is 0 Å². The highest BCUT2D eigenvalue weighted by Crippen LogP contribution is 2.11. The first kappa shape index (κ1) is 11.1. The molecule has 15 heavy (non-hydrogen) atoms. The van der Waals surface area contributed by atoms with Crippen molar-refractivity contribution in [2.45, 2.75) is 12.5 Å². The van der Waals surface area contributed by atoms with Gasteiger partial charge in [0.25, 0.3) is 0 Å². The number of nitrogens with zero attached hydrogens (tertiary/aromatic N) is 1. The van der Waals surface area contributed by atoms with E-state index in [9.17, 15) is 0 Å². The second-order valence-electron chi connectivity index (χ2n) is 3.86. The van der Waals surface area contributed by atoms with E-state index in [4.69, 9.17) is 10.5 Å². The molecule has 1 aromatic rings. The van der Waals surface area contributed by atoms with Crippen molar-refractivity contribution < 1.29 is 4.74 Å². The van der Waals surface area contributed by atoms with E-state index in [1.165, 1.54) is 4.88 Å². The Labute approximate surface area is 94.8 Å². The molecular weight excluding hydrogens is 208 g/mol. The normalized spacial score (nSPS) is 23.1. The van der Waals surface area contributed by atoms with Gasteiger partial charge in [0.2, 0.25) is 0 Å². The van der Waals surface area contributed by atoms with Crippen LogP contribution in [0.1, 0.15) is 4.88 Å². The Morgan fingerprint density at radius 1 is 1.60 bits per heavy atom. The minimum Gasteiger partial charge on any atom is -0.374 e. The minimum absolute atomic E-state index is 0.238. The van der Waals surface area contributed by atoms with Crippen LogP contribution in [-0.2, 0) is 11.2 Å². The molecule has 1 atom stereocenters. The third-order valence-electron chi connectivity index (χ3n) is 2.74. The van der Waals surface area contributed by atoms with E-state index in [1.807, 2.05) is 11.3 Å². The van der Waals surface area contributed by atoms with Gasteiger partial charge in [-0.2, -0.15) is 0 Å². The lowest BCUT2D eigenvalue weighted by molar-refractivity contribution is -0.0226. The van der Waals surface area contributed by atoms with Gasteiger partial charge in [-0.1, -0.05) is 6.07 Å². The van der Waals surface area contributed by atoms with E-state index >= 15 is 0 Å². The zero-order chi connectivity index (χ0) is 10.5. The number of ether oxygens (including phenoxy) is 1. The third kappa shape index (κ3) is 3.28. The Morgan fingerprint density at radius 2 is 2.53 bits per heavy atom. The van der Waals surface area contributed by atoms with E-state index in [-0.39, 0.29) is 6.10 Å². The molecule has 1 aliphatic heterocycles. The molecule has 3 nitrogen and oxygen atoms in total. The molecule has 1 unspecified atom stereocenters. The van der Waals surface area contributed by atoms with E-state index in [2.05, 4.69) is 22.4 Å². The molecule has 1 saturated heterocycles. The minimum atomic E-state index is 0.238. The number of thiophene rings is 1. The van der Waals surface area contributed by atoms with Crippen molar-refractivity contribution in [3.63, 3.8) is 0 Å². The zero-order valence-corrected chi connectivity index (χ0v) is 9.71. The smallest absolute Gasteiger partial charge is 0.0824 e. The topological polar surface area (TPSA) is 38.5 Å². The van der Waals surface area contributed by atoms with Gasteiger partial charge in [-0.05, 0) is 17.9 Å². The molecule has 0 saturated carbocycles. The fourth-order valence-electron chi connectivity index (χ4n) is 1.85. The van der Waals surface area contributed by atoms with Crippen LogP contribution < -0.4 is 5.73 Å². The first-order valence-electron chi connectivity index (χ1n) is 5.45. The summed E-state index contributed by atoms with van der Waals surface area (Å²) in [5.41, 5.74) is 5.61. The monoisotopic (exact) mass is 226 g/mol. The van der Waals surface area contributed by atoms with Crippen molar-refractivity contribution in [3.05, 3.63) is 22.4 Å². The first-order valence-corrected chi connectivity index (χ1v) is 6.33. The van der Waals surface area contributed by atoms with Crippen LogP contribution in [0.5, 0.6) is 0 Å². The highest BCUT2D eigenvalue weighted by molar-refractivity contribution is 7.09. The Morgan fingerprint density at radius 3 is 3.27 bits per heavy atom. The summed E-state index contributed by atoms with van der Waals surface area (Å²) in [7, 11) is 0. The zero-order valence-electron chi connectivity index (χ0n) is 8.89. The third-order valence-corrected chi connectivity index (χ3v) is 3.68. The van der Waals surface area contributed by atoms with Crippen molar-refractivity contribution in [1.29, 1.82) is 0 Å². The molecule has 2 rings (SSSR count). The predicted molar refractivity (Wildman–Crippen MR) is 63.3 cm³/mol. The number of hydrogen-bond acceptors (Lipinski definition) is 4. The molecule has 0 aliphatic carbocycles. The van der Waals surface area contributed by atoms with Gasteiger partial charge in [0.05, 0.1) is 12.7 Å². The summed E-state index contributed by atoms with van der Waals surface area (Å²) in [6, 6.07) is 4.31. The summed E-state index contributed by atoms with van der Waals surface area (Å²) in [5.74, 6) is 0. The number of rotatable bonds is 4. The predicted octanol–water partition coefficient (Wildman–Crippen LogP) is 0.950. The summed E-state index contributed by atoms with van der Waals surface area (Å²) in [6.45, 7) is 4.62. The highest BCUT2D eigenvalue weighted by Gasteiger charge is 2.18. The largest absolute Gasteiger partial charge is 0.374 e. The molecule has 0 spiro atoms. The van der Waals surface area contributed by atoms with E-state index in [0.29, 0.717) is 6.54 Å². The second kappa shape index (κ2) is 5.61. The molecule has 2 N–H and O–H groups in total. The average Bonchev–Trinajstić information content (AvgIpc) is 2.79. The van der Waals surface area contributed by atoms with Crippen molar-refractivity contribution in [2.24, 2.45) is 5.73 Å². The number of nitrogens with two attached hydrogens (primary N) is 1. The lowest BCUT2D eigenvalue weighted by Crippen LogP contribution is -2.46. The maximum Gasteiger partial charge on any atom is 0.0824 e. The number of hydrogen-bond donors (Lipinski definition) is 1. The maximum atomic E-state index is 5.61. The van der Waals surface area contributed by atoms with Crippen molar-refractivity contribution in [3.8, 4) is 0 Å². The van der Waals surface area contributed by atoms with Gasteiger partial charge in [0.15, 0.2) is 0 Å². The molecule has 0 bridgehead atoms. The summed E-state index contributed by atoms with van der Waals surface area (Å²) in [4.78, 5) is 3.91. The molecule has 4 heteroatoms. The van der Waals surface area contributed by atoms with Crippen LogP contribution in [0.15, 0.2) is 17.5 Å². The fourth-order valence-corrected chi connectivity index (χ4v) is 2.55. The van der Waals surface area contributed by atoms with Crippen molar-refractivity contribution in [1.82, 2.24) is 4.90 Å². The summed E-state index contributed by atoms with van der Waals surface area (Å²) in [5, 5.41) is 2.14. The molecule has 0 amide bonds. The van der Waals surface area contributed by atoms with Crippen LogP contribution in [0, 0.1) is 0 Å². The quantitative estimate of drug-likeness (QED) is 0.831. The Kier molecular flexibility index (Phi) is 4.14. The van der Waals surface area contributed by atoms with Crippen LogP contribution in [0.2, 0.25) is 0 Å². The highest BCUT2D eigenvalue weighted by atomic mass is 32.1. The molecule has 2 heterocycles. The van der Waals surface area contributed by atoms with Gasteiger partial charge >= 0.3 is 0 Å². The van der Waals surface area contributed by atoms with Crippen molar-refractivity contribution in [2.75, 3.05) is 32.8 Å². The summed E-state index contributed by atoms with van der Waals surface area (Å²) in [6.07, 6.45) is 1.39. The lowest BCUT2D eigenvalue weighted by atomic mass is 10.2. The molecular formula is C11H18N2OS. The van der Waals surface area contributed by atoms with Crippen LogP contribution in [0.3, 0.4) is 0 Å². The van der Waals surface area contributed by atoms with Gasteiger partial charge in [0.1, 0.15) is 0 Å². The van der Waals surface area contributed by atoms with Crippen LogP contribution in [0.4, 0.5) is 0 Å².